The van der Waals surface area contributed by atoms with Crippen molar-refractivity contribution < 1.29 is 23.7 Å². The molecule has 0 saturated carbocycles. The number of ether oxygens (including phenoxy) is 4. The molecule has 0 aliphatic carbocycles. The molecule has 7 heteroatoms. The Labute approximate surface area is 227 Å². The highest BCUT2D eigenvalue weighted by atomic mass is 16.5. The van der Waals surface area contributed by atoms with Crippen LogP contribution in [0.15, 0.2) is 90.3 Å². The van der Waals surface area contributed by atoms with Gasteiger partial charge in [0.1, 0.15) is 23.1 Å². The zero-order valence-electron chi connectivity index (χ0n) is 21.8. The standard InChI is InChI=1S/C32H28N2O5/c1-3-4-16-37-27-15-12-21(17-29(27)36-2)30-25-14-13-22(18-28(25)39-31(34)26(30)19-33)38-32(35)24-11-7-9-20-8-5-6-10-23(20)24/h5-15,17-18,30H,3-4,16,34H2,1-2H3. The van der Waals surface area contributed by atoms with Gasteiger partial charge in [-0.3, -0.25) is 0 Å². The predicted molar refractivity (Wildman–Crippen MR) is 148 cm³/mol. The number of esters is 1. The molecule has 0 bridgehead atoms. The number of rotatable bonds is 8. The molecule has 4 aromatic rings. The highest BCUT2D eigenvalue weighted by molar-refractivity contribution is 6.05. The zero-order chi connectivity index (χ0) is 27.4. The molecule has 0 aromatic heterocycles. The minimum atomic E-state index is -0.500. The van der Waals surface area contributed by atoms with Crippen molar-refractivity contribution >= 4 is 16.7 Å². The number of nitrogens with zero attached hydrogens (tertiary/aromatic N) is 1. The molecule has 1 aliphatic rings. The molecule has 1 atom stereocenters. The molecular formula is C32H28N2O5. The fourth-order valence-electron chi connectivity index (χ4n) is 4.72. The highest BCUT2D eigenvalue weighted by Crippen LogP contribution is 2.45. The predicted octanol–water partition coefficient (Wildman–Crippen LogP) is 6.46. The van der Waals surface area contributed by atoms with Crippen LogP contribution in [0.1, 0.15) is 47.2 Å². The first-order valence-corrected chi connectivity index (χ1v) is 12.8. The van der Waals surface area contributed by atoms with Gasteiger partial charge in [0.25, 0.3) is 0 Å². The van der Waals surface area contributed by atoms with Crippen molar-refractivity contribution in [3.63, 3.8) is 0 Å². The molecule has 0 saturated heterocycles. The van der Waals surface area contributed by atoms with E-state index < -0.39 is 11.9 Å². The van der Waals surface area contributed by atoms with Gasteiger partial charge in [-0.1, -0.05) is 61.9 Å². The van der Waals surface area contributed by atoms with Crippen molar-refractivity contribution in [2.75, 3.05) is 13.7 Å². The van der Waals surface area contributed by atoms with Crippen molar-refractivity contribution in [2.24, 2.45) is 5.73 Å². The molecule has 1 heterocycles. The minimum Gasteiger partial charge on any atom is -0.493 e. The minimum absolute atomic E-state index is 0.00484. The Balaban J connectivity index is 1.47. The lowest BCUT2D eigenvalue weighted by Crippen LogP contribution is -2.21. The van der Waals surface area contributed by atoms with Crippen molar-refractivity contribution in [1.29, 1.82) is 5.26 Å². The van der Waals surface area contributed by atoms with Gasteiger partial charge in [0.15, 0.2) is 11.5 Å². The van der Waals surface area contributed by atoms with Crippen LogP contribution in [-0.2, 0) is 0 Å². The van der Waals surface area contributed by atoms with Crippen LogP contribution < -0.4 is 24.7 Å². The summed E-state index contributed by atoms with van der Waals surface area (Å²) >= 11 is 0. The largest absolute Gasteiger partial charge is 0.493 e. The van der Waals surface area contributed by atoms with Gasteiger partial charge in [-0.2, -0.15) is 5.26 Å². The number of hydrogen-bond donors (Lipinski definition) is 1. The van der Waals surface area contributed by atoms with E-state index in [9.17, 15) is 10.1 Å². The summed E-state index contributed by atoms with van der Waals surface area (Å²) in [5.41, 5.74) is 8.44. The molecule has 0 amide bonds. The van der Waals surface area contributed by atoms with Crippen LogP contribution in [0.4, 0.5) is 0 Å². The van der Waals surface area contributed by atoms with Gasteiger partial charge in [0, 0.05) is 11.6 Å². The number of allylic oxidation sites excluding steroid dienone is 1. The molecular weight excluding hydrogens is 492 g/mol. The van der Waals surface area contributed by atoms with E-state index in [4.69, 9.17) is 24.7 Å². The van der Waals surface area contributed by atoms with E-state index in [0.29, 0.717) is 40.7 Å². The normalized spacial score (nSPS) is 14.2. The lowest BCUT2D eigenvalue weighted by Gasteiger charge is -2.27. The zero-order valence-corrected chi connectivity index (χ0v) is 21.8. The summed E-state index contributed by atoms with van der Waals surface area (Å²) in [6.45, 7) is 2.69. The number of carbonyl (C=O) groups excluding carboxylic acids is 1. The number of methoxy groups -OCH3 is 1. The SMILES string of the molecule is CCCCOc1ccc(C2C(C#N)=C(N)Oc3cc(OC(=O)c4cccc5ccccc45)ccc32)cc1OC. The third kappa shape index (κ3) is 5.10. The number of benzene rings is 4. The second kappa shape index (κ2) is 11.2. The maximum absolute atomic E-state index is 13.1. The molecule has 0 radical (unpaired) electrons. The molecule has 4 aromatic carbocycles. The summed E-state index contributed by atoms with van der Waals surface area (Å²) in [6, 6.07) is 26.0. The average molecular weight is 521 g/mol. The van der Waals surface area contributed by atoms with Crippen molar-refractivity contribution in [2.45, 2.75) is 25.7 Å². The topological polar surface area (TPSA) is 104 Å². The van der Waals surface area contributed by atoms with Crippen molar-refractivity contribution in [1.82, 2.24) is 0 Å². The molecule has 0 spiro atoms. The van der Waals surface area contributed by atoms with Crippen LogP contribution >= 0.6 is 0 Å². The van der Waals surface area contributed by atoms with E-state index in [1.54, 1.807) is 31.4 Å². The van der Waals surface area contributed by atoms with Crippen molar-refractivity contribution in [3.8, 4) is 29.1 Å². The smallest absolute Gasteiger partial charge is 0.344 e. The van der Waals surface area contributed by atoms with Crippen LogP contribution in [0.5, 0.6) is 23.0 Å². The Morgan fingerprint density at radius 3 is 2.64 bits per heavy atom. The van der Waals surface area contributed by atoms with Gasteiger partial charge < -0.3 is 24.7 Å². The number of fused-ring (bicyclic) bond motifs is 2. The van der Waals surface area contributed by atoms with E-state index in [1.807, 2.05) is 54.6 Å². The molecule has 0 fully saturated rings. The maximum atomic E-state index is 13.1. The summed E-state index contributed by atoms with van der Waals surface area (Å²) in [5, 5.41) is 11.7. The Morgan fingerprint density at radius 2 is 1.85 bits per heavy atom. The number of unbranched alkanes of at least 4 members (excludes halogenated alkanes) is 1. The third-order valence-corrected chi connectivity index (χ3v) is 6.69. The van der Waals surface area contributed by atoms with E-state index in [-0.39, 0.29) is 11.5 Å². The molecule has 196 valence electrons. The summed E-state index contributed by atoms with van der Waals surface area (Å²) in [5.74, 6) is 0.915. The van der Waals surface area contributed by atoms with Crippen LogP contribution in [0, 0.1) is 11.3 Å². The molecule has 1 unspecified atom stereocenters. The molecule has 5 rings (SSSR count). The lowest BCUT2D eigenvalue weighted by molar-refractivity contribution is 0.0736. The first kappa shape index (κ1) is 25.7. The number of nitrogens with two attached hydrogens (primary N) is 1. The Hall–Kier alpha value is -4.96. The quantitative estimate of drug-likeness (QED) is 0.161. The Kier molecular flexibility index (Phi) is 7.37. The van der Waals surface area contributed by atoms with Gasteiger partial charge in [0.05, 0.1) is 25.2 Å². The second-order valence-electron chi connectivity index (χ2n) is 9.15. The van der Waals surface area contributed by atoms with E-state index >= 15 is 0 Å². The molecule has 39 heavy (non-hydrogen) atoms. The van der Waals surface area contributed by atoms with E-state index in [2.05, 4.69) is 13.0 Å². The lowest BCUT2D eigenvalue weighted by atomic mass is 9.83. The molecule has 7 nitrogen and oxygen atoms in total. The van der Waals surface area contributed by atoms with Crippen LogP contribution in [0.3, 0.4) is 0 Å². The molecule has 1 aliphatic heterocycles. The first-order valence-electron chi connectivity index (χ1n) is 12.8. The number of hydrogen-bond acceptors (Lipinski definition) is 7. The summed E-state index contributed by atoms with van der Waals surface area (Å²) in [7, 11) is 1.58. The monoisotopic (exact) mass is 520 g/mol. The van der Waals surface area contributed by atoms with Gasteiger partial charge >= 0.3 is 5.97 Å². The van der Waals surface area contributed by atoms with E-state index in [1.165, 1.54) is 0 Å². The van der Waals surface area contributed by atoms with Gasteiger partial charge in [-0.25, -0.2) is 4.79 Å². The van der Waals surface area contributed by atoms with E-state index in [0.717, 1.165) is 29.2 Å². The van der Waals surface area contributed by atoms with Gasteiger partial charge in [-0.15, -0.1) is 0 Å². The fourth-order valence-corrected chi connectivity index (χ4v) is 4.72. The van der Waals surface area contributed by atoms with Gasteiger partial charge in [-0.05, 0) is 47.0 Å². The summed E-state index contributed by atoms with van der Waals surface area (Å²) in [4.78, 5) is 13.1. The number of nitriles is 1. The maximum Gasteiger partial charge on any atom is 0.344 e. The average Bonchev–Trinajstić information content (AvgIpc) is 2.96. The summed E-state index contributed by atoms with van der Waals surface area (Å²) < 4.78 is 23.0. The van der Waals surface area contributed by atoms with Crippen LogP contribution in [0.25, 0.3) is 10.8 Å². The first-order chi connectivity index (χ1) is 19.0. The second-order valence-corrected chi connectivity index (χ2v) is 9.15. The fraction of sp³-hybridized carbons (Fsp3) is 0.188. The van der Waals surface area contributed by atoms with Crippen molar-refractivity contribution in [3.05, 3.63) is 107 Å². The van der Waals surface area contributed by atoms with Gasteiger partial charge in [0.2, 0.25) is 5.88 Å². The van der Waals surface area contributed by atoms with Crippen LogP contribution in [0.2, 0.25) is 0 Å². The number of carbonyl (C=O) groups is 1. The third-order valence-electron chi connectivity index (χ3n) is 6.69. The molecule has 2 N–H and O–H groups in total. The highest BCUT2D eigenvalue weighted by Gasteiger charge is 2.32. The Morgan fingerprint density at radius 1 is 1.03 bits per heavy atom. The van der Waals surface area contributed by atoms with Crippen LogP contribution in [-0.4, -0.2) is 19.7 Å². The summed E-state index contributed by atoms with van der Waals surface area (Å²) in [6.07, 6.45) is 1.96. The Bertz CT molecular complexity index is 1610.